The Bertz CT molecular complexity index is 1150. The smallest absolute Gasteiger partial charge is 0.407 e. The van der Waals surface area contributed by atoms with Crippen molar-refractivity contribution in [3.63, 3.8) is 0 Å². The van der Waals surface area contributed by atoms with Crippen molar-refractivity contribution < 1.29 is 18.7 Å². The number of nitrogens with zero attached hydrogens (tertiary/aromatic N) is 4. The lowest BCUT2D eigenvalue weighted by Crippen LogP contribution is -2.22. The third-order valence-corrected chi connectivity index (χ3v) is 5.33. The highest BCUT2D eigenvalue weighted by atomic mass is 35.5. The van der Waals surface area contributed by atoms with Crippen molar-refractivity contribution in [3.8, 4) is 5.75 Å². The third kappa shape index (κ3) is 3.17. The first kappa shape index (κ1) is 20.1. The zero-order chi connectivity index (χ0) is 21.6. The minimum absolute atomic E-state index is 0.0302. The second-order valence-corrected chi connectivity index (χ2v) is 7.30. The number of nitrogens with two attached hydrogens (primary N) is 1. The highest BCUT2D eigenvalue weighted by Crippen LogP contribution is 2.41. The van der Waals surface area contributed by atoms with Crippen LogP contribution in [0.5, 0.6) is 5.75 Å². The molecule has 1 amide bonds. The number of carbonyl (C=O) groups is 1. The topological polar surface area (TPSA) is 117 Å². The van der Waals surface area contributed by atoms with E-state index >= 15 is 4.39 Å². The van der Waals surface area contributed by atoms with Gasteiger partial charge in [0.15, 0.2) is 11.5 Å². The number of rotatable bonds is 5. The molecule has 1 unspecified atom stereocenters. The number of hydrogen-bond acceptors (Lipinski definition) is 7. The van der Waals surface area contributed by atoms with E-state index in [0.717, 1.165) is 0 Å². The largest absolute Gasteiger partial charge is 0.493 e. The minimum Gasteiger partial charge on any atom is -0.493 e. The summed E-state index contributed by atoms with van der Waals surface area (Å²) in [4.78, 5) is 19.9. The summed E-state index contributed by atoms with van der Waals surface area (Å²) in [5.74, 6) is -0.0596. The summed E-state index contributed by atoms with van der Waals surface area (Å²) >= 11 is 6.23. The number of cyclic esters (lactones) is 1. The van der Waals surface area contributed by atoms with E-state index in [-0.39, 0.29) is 29.5 Å². The van der Waals surface area contributed by atoms with Gasteiger partial charge in [0, 0.05) is 5.56 Å². The van der Waals surface area contributed by atoms with Gasteiger partial charge in [-0.05, 0) is 26.8 Å². The van der Waals surface area contributed by atoms with E-state index < -0.39 is 24.0 Å². The van der Waals surface area contributed by atoms with Crippen LogP contribution in [0.4, 0.5) is 15.0 Å². The number of aromatic nitrogens is 4. The van der Waals surface area contributed by atoms with Gasteiger partial charge in [0.1, 0.15) is 24.5 Å². The first-order chi connectivity index (χ1) is 14.3. The van der Waals surface area contributed by atoms with Crippen molar-refractivity contribution in [2.24, 2.45) is 0 Å². The highest BCUT2D eigenvalue weighted by Gasteiger charge is 2.34. The summed E-state index contributed by atoms with van der Waals surface area (Å²) in [6, 6.07) is 0.339. The molecule has 3 N–H and O–H groups in total. The van der Waals surface area contributed by atoms with Gasteiger partial charge in [-0.3, -0.25) is 0 Å². The highest BCUT2D eigenvalue weighted by molar-refractivity contribution is 6.31. The van der Waals surface area contributed by atoms with Gasteiger partial charge in [-0.1, -0.05) is 11.6 Å². The molecule has 11 heteroatoms. The lowest BCUT2D eigenvalue weighted by molar-refractivity contribution is 0.176. The first-order valence-electron chi connectivity index (χ1n) is 9.36. The number of amides is 1. The fourth-order valence-electron chi connectivity index (χ4n) is 3.69. The van der Waals surface area contributed by atoms with Crippen LogP contribution in [0, 0.1) is 12.7 Å². The molecule has 1 aromatic carbocycles. The van der Waals surface area contributed by atoms with Crippen LogP contribution in [0.15, 0.2) is 12.4 Å². The number of anilines is 1. The van der Waals surface area contributed by atoms with Crippen molar-refractivity contribution in [1.82, 2.24) is 25.1 Å². The maximum absolute atomic E-state index is 15.0. The lowest BCUT2D eigenvalue weighted by atomic mass is 9.98. The Morgan fingerprint density at radius 2 is 2.27 bits per heavy atom. The lowest BCUT2D eigenvalue weighted by Gasteiger charge is -2.23. The maximum atomic E-state index is 15.0. The number of halogens is 2. The van der Waals surface area contributed by atoms with E-state index in [1.54, 1.807) is 11.6 Å². The molecule has 2 aromatic heterocycles. The fraction of sp³-hybridized carbons (Fsp3) is 0.368. The molecule has 0 radical (unpaired) electrons. The van der Waals surface area contributed by atoms with Crippen LogP contribution in [0.3, 0.4) is 0 Å². The second-order valence-electron chi connectivity index (χ2n) is 6.90. The van der Waals surface area contributed by atoms with Crippen LogP contribution < -0.4 is 15.8 Å². The van der Waals surface area contributed by atoms with Gasteiger partial charge in [0.25, 0.3) is 0 Å². The Labute approximate surface area is 176 Å². The molecule has 3 aromatic rings. The normalized spacial score (nSPS) is 17.1. The van der Waals surface area contributed by atoms with Crippen LogP contribution in [0.25, 0.3) is 11.0 Å². The first-order valence-corrected chi connectivity index (χ1v) is 9.74. The Morgan fingerprint density at radius 1 is 1.50 bits per heavy atom. The van der Waals surface area contributed by atoms with Crippen molar-refractivity contribution >= 4 is 34.5 Å². The van der Waals surface area contributed by atoms with Gasteiger partial charge < -0.3 is 20.5 Å². The number of fused-ring (bicyclic) bond motifs is 1. The van der Waals surface area contributed by atoms with Crippen molar-refractivity contribution in [1.29, 1.82) is 0 Å². The predicted molar refractivity (Wildman–Crippen MR) is 108 cm³/mol. The molecule has 0 aliphatic carbocycles. The minimum atomic E-state index is -0.724. The molecule has 3 heterocycles. The average molecular weight is 435 g/mol. The number of aryl methyl sites for hydroxylation is 1. The molecule has 0 saturated carbocycles. The number of nitrogen functional groups attached to an aromatic ring is 1. The van der Waals surface area contributed by atoms with Crippen LogP contribution >= 0.6 is 11.6 Å². The quantitative estimate of drug-likeness (QED) is 0.632. The molecule has 0 bridgehead atoms. The van der Waals surface area contributed by atoms with Crippen LogP contribution in [0.2, 0.25) is 5.02 Å². The Kier molecular flexibility index (Phi) is 5.10. The van der Waals surface area contributed by atoms with Gasteiger partial charge in [0.05, 0.1) is 40.4 Å². The number of benzene rings is 1. The Balaban J connectivity index is 1.91. The van der Waals surface area contributed by atoms with Gasteiger partial charge in [-0.2, -0.15) is 5.10 Å². The standard InChI is InChI=1S/C19H20ClFN6O3/c1-4-29-16-10(5-11(20)15(21)14(16)12-6-30-19(28)25-12)9(3)27-18-13(8(2)26-27)17(22)23-7-24-18/h5,7,9,12H,4,6H2,1-3H3,(H,25,28)(H2,22,23,24)/t9-,12?/m1/s1. The molecule has 2 atom stereocenters. The van der Waals surface area contributed by atoms with Crippen LogP contribution in [-0.4, -0.2) is 39.1 Å². The predicted octanol–water partition coefficient (Wildman–Crippen LogP) is 3.30. The molecule has 30 heavy (non-hydrogen) atoms. The molecule has 0 spiro atoms. The number of carbonyl (C=O) groups excluding carboxylic acids is 1. The molecule has 158 valence electrons. The monoisotopic (exact) mass is 434 g/mol. The summed E-state index contributed by atoms with van der Waals surface area (Å²) in [5.41, 5.74) is 7.92. The molecule has 9 nitrogen and oxygen atoms in total. The summed E-state index contributed by atoms with van der Waals surface area (Å²) in [5, 5.41) is 7.70. The number of ether oxygens (including phenoxy) is 2. The van der Waals surface area contributed by atoms with E-state index in [9.17, 15) is 4.79 Å². The molecular weight excluding hydrogens is 415 g/mol. The molecule has 1 saturated heterocycles. The zero-order valence-electron chi connectivity index (χ0n) is 16.6. The molecule has 1 fully saturated rings. The van der Waals surface area contributed by atoms with Crippen LogP contribution in [-0.2, 0) is 4.74 Å². The summed E-state index contributed by atoms with van der Waals surface area (Å²) < 4.78 is 27.5. The Morgan fingerprint density at radius 3 is 2.93 bits per heavy atom. The summed E-state index contributed by atoms with van der Waals surface area (Å²) in [7, 11) is 0. The number of nitrogens with one attached hydrogen (secondary N) is 1. The third-order valence-electron chi connectivity index (χ3n) is 5.06. The SMILES string of the molecule is CCOc1c([C@@H](C)n2nc(C)c3c(N)ncnc32)cc(Cl)c(F)c1C1COC(=O)N1. The molecule has 4 rings (SSSR count). The molecular formula is C19H20ClFN6O3. The van der Waals surface area contributed by atoms with Gasteiger partial charge in [0.2, 0.25) is 0 Å². The van der Waals surface area contributed by atoms with Gasteiger partial charge in [-0.15, -0.1) is 0 Å². The summed E-state index contributed by atoms with van der Waals surface area (Å²) in [6.07, 6.45) is 0.734. The zero-order valence-corrected chi connectivity index (χ0v) is 17.3. The van der Waals surface area contributed by atoms with E-state index in [1.807, 2.05) is 13.8 Å². The van der Waals surface area contributed by atoms with Crippen LogP contribution in [0.1, 0.15) is 42.8 Å². The molecule has 1 aliphatic heterocycles. The van der Waals surface area contributed by atoms with Crippen molar-refractivity contribution in [2.45, 2.75) is 32.9 Å². The number of alkyl carbamates (subject to hydrolysis) is 1. The molecule has 1 aliphatic rings. The van der Waals surface area contributed by atoms with Gasteiger partial charge >= 0.3 is 6.09 Å². The van der Waals surface area contributed by atoms with E-state index in [4.69, 9.17) is 26.8 Å². The van der Waals surface area contributed by atoms with E-state index in [0.29, 0.717) is 28.1 Å². The van der Waals surface area contributed by atoms with E-state index in [2.05, 4.69) is 20.4 Å². The fourth-order valence-corrected chi connectivity index (χ4v) is 3.91. The second kappa shape index (κ2) is 7.60. The van der Waals surface area contributed by atoms with Crippen molar-refractivity contribution in [3.05, 3.63) is 40.1 Å². The number of hydrogen-bond donors (Lipinski definition) is 2. The summed E-state index contributed by atoms with van der Waals surface area (Å²) in [6.45, 7) is 5.71. The van der Waals surface area contributed by atoms with Gasteiger partial charge in [-0.25, -0.2) is 23.8 Å². The maximum Gasteiger partial charge on any atom is 0.407 e. The Hall–Kier alpha value is -3.14. The van der Waals surface area contributed by atoms with Crippen molar-refractivity contribution in [2.75, 3.05) is 18.9 Å². The average Bonchev–Trinajstić information content (AvgIpc) is 3.28. The van der Waals surface area contributed by atoms with E-state index in [1.165, 1.54) is 12.4 Å².